The zero-order chi connectivity index (χ0) is 13.3. The Morgan fingerprint density at radius 2 is 2.06 bits per heavy atom. The van der Waals surface area contributed by atoms with Gasteiger partial charge >= 0.3 is 6.18 Å². The standard InChI is InChI=1S/C10H9F3N4O/c1-5-2-9(17-16-5)18-7-3-8(10(11,12)13)15-4-6(7)14/h2-4H,14H2,1H3,(H,16,17). The maximum atomic E-state index is 12.5. The molecule has 3 N–H and O–H groups in total. The molecule has 2 rings (SSSR count). The predicted octanol–water partition coefficient (Wildman–Crippen LogP) is 2.51. The van der Waals surface area contributed by atoms with Crippen molar-refractivity contribution in [3.63, 3.8) is 0 Å². The molecule has 2 aromatic heterocycles. The van der Waals surface area contributed by atoms with Gasteiger partial charge in [-0.1, -0.05) is 0 Å². The maximum absolute atomic E-state index is 12.5. The lowest BCUT2D eigenvalue weighted by Crippen LogP contribution is -2.08. The molecule has 0 aliphatic carbocycles. The molecule has 2 aromatic rings. The highest BCUT2D eigenvalue weighted by Gasteiger charge is 2.33. The molecular weight excluding hydrogens is 249 g/mol. The Bertz CT molecular complexity index is 564. The first-order valence-electron chi connectivity index (χ1n) is 4.89. The van der Waals surface area contributed by atoms with Gasteiger partial charge in [0.25, 0.3) is 0 Å². The summed E-state index contributed by atoms with van der Waals surface area (Å²) in [5.74, 6) is 0.00218. The Morgan fingerprint density at radius 1 is 1.33 bits per heavy atom. The van der Waals surface area contributed by atoms with Crippen LogP contribution in [0.5, 0.6) is 11.6 Å². The number of nitrogen functional groups attached to an aromatic ring is 1. The number of aromatic amines is 1. The van der Waals surface area contributed by atoms with Crippen LogP contribution in [0.25, 0.3) is 0 Å². The molecule has 0 aromatic carbocycles. The highest BCUT2D eigenvalue weighted by atomic mass is 19.4. The molecule has 5 nitrogen and oxygen atoms in total. The van der Waals surface area contributed by atoms with E-state index in [2.05, 4.69) is 15.2 Å². The van der Waals surface area contributed by atoms with Crippen LogP contribution in [0.15, 0.2) is 18.3 Å². The number of hydrogen-bond donors (Lipinski definition) is 2. The molecule has 96 valence electrons. The second kappa shape index (κ2) is 4.21. The molecule has 0 atom stereocenters. The van der Waals surface area contributed by atoms with Gasteiger partial charge in [0, 0.05) is 17.8 Å². The van der Waals surface area contributed by atoms with E-state index in [4.69, 9.17) is 10.5 Å². The van der Waals surface area contributed by atoms with Crippen LogP contribution in [-0.4, -0.2) is 15.2 Å². The topological polar surface area (TPSA) is 76.8 Å². The Kier molecular flexibility index (Phi) is 2.85. The zero-order valence-corrected chi connectivity index (χ0v) is 9.25. The number of H-pyrrole nitrogens is 1. The number of pyridine rings is 1. The van der Waals surface area contributed by atoms with Crippen molar-refractivity contribution in [1.82, 2.24) is 15.2 Å². The minimum atomic E-state index is -4.55. The molecule has 2 heterocycles. The summed E-state index contributed by atoms with van der Waals surface area (Å²) in [7, 11) is 0. The quantitative estimate of drug-likeness (QED) is 0.867. The lowest BCUT2D eigenvalue weighted by Gasteiger charge is -2.09. The Labute approximate surface area is 99.8 Å². The van der Waals surface area contributed by atoms with Gasteiger partial charge in [-0.25, -0.2) is 4.98 Å². The van der Waals surface area contributed by atoms with E-state index < -0.39 is 11.9 Å². The van der Waals surface area contributed by atoms with Crippen LogP contribution >= 0.6 is 0 Å². The van der Waals surface area contributed by atoms with Crippen LogP contribution in [0.4, 0.5) is 18.9 Å². The summed E-state index contributed by atoms with van der Waals surface area (Å²) in [6.07, 6.45) is -3.65. The van der Waals surface area contributed by atoms with Gasteiger partial charge < -0.3 is 10.5 Å². The number of hydrogen-bond acceptors (Lipinski definition) is 4. The van der Waals surface area contributed by atoms with Gasteiger partial charge in [-0.2, -0.15) is 13.2 Å². The molecule has 0 unspecified atom stereocenters. The van der Waals surface area contributed by atoms with E-state index in [9.17, 15) is 13.2 Å². The Balaban J connectivity index is 2.32. The number of aromatic nitrogens is 3. The van der Waals surface area contributed by atoms with Gasteiger partial charge in [-0.15, -0.1) is 5.10 Å². The Hall–Kier alpha value is -2.25. The number of ether oxygens (including phenoxy) is 1. The molecule has 0 spiro atoms. The molecular formula is C10H9F3N4O. The second-order valence-corrected chi connectivity index (χ2v) is 3.60. The molecule has 0 bridgehead atoms. The van der Waals surface area contributed by atoms with Gasteiger partial charge in [0.05, 0.1) is 11.9 Å². The number of halogens is 3. The fourth-order valence-electron chi connectivity index (χ4n) is 1.25. The van der Waals surface area contributed by atoms with Crippen molar-refractivity contribution in [1.29, 1.82) is 0 Å². The number of nitrogens with zero attached hydrogens (tertiary/aromatic N) is 2. The van der Waals surface area contributed by atoms with Gasteiger partial charge in [0.15, 0.2) is 5.75 Å². The van der Waals surface area contributed by atoms with E-state index in [1.165, 1.54) is 6.07 Å². The first kappa shape index (κ1) is 12.2. The third-order valence-corrected chi connectivity index (χ3v) is 2.08. The average Bonchev–Trinajstić information content (AvgIpc) is 2.66. The average molecular weight is 258 g/mol. The van der Waals surface area contributed by atoms with Crippen molar-refractivity contribution >= 4 is 5.69 Å². The fourth-order valence-corrected chi connectivity index (χ4v) is 1.25. The van der Waals surface area contributed by atoms with E-state index in [1.807, 2.05) is 0 Å². The molecule has 0 fully saturated rings. The van der Waals surface area contributed by atoms with Crippen molar-refractivity contribution in [3.05, 3.63) is 29.7 Å². The number of alkyl halides is 3. The summed E-state index contributed by atoms with van der Waals surface area (Å²) in [4.78, 5) is 3.20. The van der Waals surface area contributed by atoms with Gasteiger partial charge in [-0.05, 0) is 6.92 Å². The van der Waals surface area contributed by atoms with Crippen LogP contribution in [0, 0.1) is 6.92 Å². The number of rotatable bonds is 2. The monoisotopic (exact) mass is 258 g/mol. The second-order valence-electron chi connectivity index (χ2n) is 3.60. The van der Waals surface area contributed by atoms with Gasteiger partial charge in [0.1, 0.15) is 5.69 Å². The summed E-state index contributed by atoms with van der Waals surface area (Å²) in [6, 6.07) is 2.27. The van der Waals surface area contributed by atoms with Crippen molar-refractivity contribution in [2.75, 3.05) is 5.73 Å². The number of aryl methyl sites for hydroxylation is 1. The van der Waals surface area contributed by atoms with E-state index in [-0.39, 0.29) is 17.3 Å². The van der Waals surface area contributed by atoms with Crippen LogP contribution in [0.1, 0.15) is 11.4 Å². The van der Waals surface area contributed by atoms with Crippen molar-refractivity contribution < 1.29 is 17.9 Å². The number of nitrogens with two attached hydrogens (primary N) is 1. The molecule has 0 saturated carbocycles. The normalized spacial score (nSPS) is 11.6. The van der Waals surface area contributed by atoms with Crippen LogP contribution in [0.2, 0.25) is 0 Å². The largest absolute Gasteiger partial charge is 0.435 e. The van der Waals surface area contributed by atoms with E-state index in [1.54, 1.807) is 6.92 Å². The van der Waals surface area contributed by atoms with E-state index in [0.29, 0.717) is 5.69 Å². The molecule has 18 heavy (non-hydrogen) atoms. The van der Waals surface area contributed by atoms with Gasteiger partial charge in [0.2, 0.25) is 5.88 Å². The summed E-state index contributed by atoms with van der Waals surface area (Å²) >= 11 is 0. The first-order valence-corrected chi connectivity index (χ1v) is 4.89. The molecule has 0 amide bonds. The van der Waals surface area contributed by atoms with Crippen molar-refractivity contribution in [2.24, 2.45) is 0 Å². The third kappa shape index (κ3) is 2.53. The smallest absolute Gasteiger partial charge is 0.433 e. The predicted molar refractivity (Wildman–Crippen MR) is 57.1 cm³/mol. The van der Waals surface area contributed by atoms with E-state index >= 15 is 0 Å². The van der Waals surface area contributed by atoms with Crippen molar-refractivity contribution in [2.45, 2.75) is 13.1 Å². The highest BCUT2D eigenvalue weighted by molar-refractivity contribution is 5.52. The summed E-state index contributed by atoms with van der Waals surface area (Å²) in [6.45, 7) is 1.73. The van der Waals surface area contributed by atoms with Crippen molar-refractivity contribution in [3.8, 4) is 11.6 Å². The maximum Gasteiger partial charge on any atom is 0.433 e. The highest BCUT2D eigenvalue weighted by Crippen LogP contribution is 2.33. The third-order valence-electron chi connectivity index (χ3n) is 2.08. The molecule has 0 aliphatic rings. The minimum absolute atomic E-state index is 0.00338. The molecule has 0 saturated heterocycles. The van der Waals surface area contributed by atoms with Crippen LogP contribution in [-0.2, 0) is 6.18 Å². The van der Waals surface area contributed by atoms with Crippen LogP contribution in [0.3, 0.4) is 0 Å². The summed E-state index contributed by atoms with van der Waals surface area (Å²) in [5, 5.41) is 6.34. The first-order chi connectivity index (χ1) is 8.36. The Morgan fingerprint density at radius 3 is 2.61 bits per heavy atom. The van der Waals surface area contributed by atoms with Gasteiger partial charge in [-0.3, -0.25) is 5.10 Å². The summed E-state index contributed by atoms with van der Waals surface area (Å²) < 4.78 is 42.5. The minimum Gasteiger partial charge on any atom is -0.435 e. The van der Waals surface area contributed by atoms with E-state index in [0.717, 1.165) is 12.3 Å². The summed E-state index contributed by atoms with van der Waals surface area (Å²) in [5.41, 5.74) is 5.14. The lowest BCUT2D eigenvalue weighted by atomic mass is 10.3. The fraction of sp³-hybridized carbons (Fsp3) is 0.200. The molecule has 0 aliphatic heterocycles. The number of nitrogens with one attached hydrogen (secondary N) is 1. The lowest BCUT2D eigenvalue weighted by molar-refractivity contribution is -0.141. The zero-order valence-electron chi connectivity index (χ0n) is 9.25. The number of anilines is 1. The molecule has 0 radical (unpaired) electrons. The molecule has 8 heteroatoms. The SMILES string of the molecule is Cc1cc(Oc2cc(C(F)(F)F)ncc2N)n[nH]1. The van der Waals surface area contributed by atoms with Crippen LogP contribution < -0.4 is 10.5 Å².